The van der Waals surface area contributed by atoms with Gasteiger partial charge >= 0.3 is 0 Å². The second-order valence-electron chi connectivity index (χ2n) is 3.89. The molecule has 6 heteroatoms. The van der Waals surface area contributed by atoms with Crippen molar-refractivity contribution in [2.75, 3.05) is 0 Å². The lowest BCUT2D eigenvalue weighted by atomic mass is 9.93. The Kier molecular flexibility index (Phi) is 4.04. The van der Waals surface area contributed by atoms with E-state index in [2.05, 4.69) is 0 Å². The van der Waals surface area contributed by atoms with Crippen LogP contribution in [-0.2, 0) is 6.42 Å². The summed E-state index contributed by atoms with van der Waals surface area (Å²) in [7, 11) is 0. The summed E-state index contributed by atoms with van der Waals surface area (Å²) in [6.07, 6.45) is 1.17. The molecule has 3 amide bonds. The maximum Gasteiger partial charge on any atom is 0.249 e. The van der Waals surface area contributed by atoms with Gasteiger partial charge in [-0.15, -0.1) is 0 Å². The van der Waals surface area contributed by atoms with Gasteiger partial charge in [-0.1, -0.05) is 13.3 Å². The molecule has 0 unspecified atom stereocenters. The Labute approximate surface area is 104 Å². The highest BCUT2D eigenvalue weighted by Gasteiger charge is 2.18. The Hall–Kier alpha value is -2.37. The van der Waals surface area contributed by atoms with Gasteiger partial charge in [-0.25, -0.2) is 0 Å². The van der Waals surface area contributed by atoms with E-state index in [-0.39, 0.29) is 16.7 Å². The van der Waals surface area contributed by atoms with Gasteiger partial charge in [0.05, 0.1) is 0 Å². The highest BCUT2D eigenvalue weighted by atomic mass is 16.2. The van der Waals surface area contributed by atoms with Gasteiger partial charge in [0.1, 0.15) is 0 Å². The smallest absolute Gasteiger partial charge is 0.249 e. The Bertz CT molecular complexity index is 488. The van der Waals surface area contributed by atoms with Crippen molar-refractivity contribution in [1.29, 1.82) is 0 Å². The number of hydrogen-bond donors (Lipinski definition) is 3. The van der Waals surface area contributed by atoms with Crippen LogP contribution in [0.2, 0.25) is 0 Å². The van der Waals surface area contributed by atoms with E-state index in [1.165, 1.54) is 12.1 Å². The lowest BCUT2D eigenvalue weighted by molar-refractivity contribution is 0.0998. The Morgan fingerprint density at radius 1 is 0.944 bits per heavy atom. The maximum atomic E-state index is 11.4. The number of nitrogens with two attached hydrogens (primary N) is 3. The Morgan fingerprint density at radius 2 is 1.39 bits per heavy atom. The molecule has 0 heterocycles. The molecule has 0 aliphatic heterocycles. The van der Waals surface area contributed by atoms with Crippen LogP contribution in [0.25, 0.3) is 0 Å². The van der Waals surface area contributed by atoms with Gasteiger partial charge in [0, 0.05) is 16.7 Å². The maximum absolute atomic E-state index is 11.4. The van der Waals surface area contributed by atoms with Crippen LogP contribution in [0.1, 0.15) is 50.0 Å². The van der Waals surface area contributed by atoms with Gasteiger partial charge in [0.25, 0.3) is 0 Å². The van der Waals surface area contributed by atoms with Crippen LogP contribution < -0.4 is 17.2 Å². The minimum Gasteiger partial charge on any atom is -0.366 e. The first-order valence-corrected chi connectivity index (χ1v) is 5.44. The van der Waals surface area contributed by atoms with E-state index in [0.717, 1.165) is 0 Å². The van der Waals surface area contributed by atoms with Crippen molar-refractivity contribution >= 4 is 17.7 Å². The van der Waals surface area contributed by atoms with E-state index >= 15 is 0 Å². The molecule has 6 nitrogen and oxygen atoms in total. The van der Waals surface area contributed by atoms with Crippen molar-refractivity contribution in [2.24, 2.45) is 17.2 Å². The summed E-state index contributed by atoms with van der Waals surface area (Å²) in [5, 5.41) is 0. The minimum atomic E-state index is -0.747. The average molecular weight is 249 g/mol. The van der Waals surface area contributed by atoms with Crippen LogP contribution >= 0.6 is 0 Å². The van der Waals surface area contributed by atoms with Gasteiger partial charge in [-0.2, -0.15) is 0 Å². The van der Waals surface area contributed by atoms with E-state index in [9.17, 15) is 14.4 Å². The Balaban J connectivity index is 3.59. The fraction of sp³-hybridized carbons (Fsp3) is 0.250. The molecule has 1 aromatic carbocycles. The normalized spacial score (nSPS) is 10.1. The second kappa shape index (κ2) is 5.31. The highest BCUT2D eigenvalue weighted by molar-refractivity contribution is 6.05. The SMILES string of the molecule is CCCc1c(C(N)=O)cc(C(N)=O)cc1C(N)=O. The summed E-state index contributed by atoms with van der Waals surface area (Å²) in [5.74, 6) is -2.18. The first-order valence-electron chi connectivity index (χ1n) is 5.44. The van der Waals surface area contributed by atoms with Gasteiger partial charge < -0.3 is 17.2 Å². The van der Waals surface area contributed by atoms with Crippen LogP contribution in [0.5, 0.6) is 0 Å². The van der Waals surface area contributed by atoms with Gasteiger partial charge in [-0.05, 0) is 24.1 Å². The number of rotatable bonds is 5. The molecule has 0 saturated heterocycles. The fourth-order valence-electron chi connectivity index (χ4n) is 1.77. The van der Waals surface area contributed by atoms with Crippen LogP contribution in [-0.4, -0.2) is 17.7 Å². The molecule has 6 N–H and O–H groups in total. The lowest BCUT2D eigenvalue weighted by Crippen LogP contribution is -2.23. The zero-order valence-electron chi connectivity index (χ0n) is 10.0. The number of amides is 3. The quantitative estimate of drug-likeness (QED) is 0.675. The Morgan fingerprint density at radius 3 is 1.67 bits per heavy atom. The third-order valence-corrected chi connectivity index (χ3v) is 2.57. The molecule has 1 aromatic rings. The number of hydrogen-bond acceptors (Lipinski definition) is 3. The second-order valence-corrected chi connectivity index (χ2v) is 3.89. The predicted molar refractivity (Wildman–Crippen MR) is 66.0 cm³/mol. The number of carbonyl (C=O) groups is 3. The van der Waals surface area contributed by atoms with Crippen molar-refractivity contribution in [3.05, 3.63) is 34.4 Å². The van der Waals surface area contributed by atoms with E-state index in [4.69, 9.17) is 17.2 Å². The van der Waals surface area contributed by atoms with E-state index in [1.807, 2.05) is 6.92 Å². The molecule has 18 heavy (non-hydrogen) atoms. The molecule has 96 valence electrons. The summed E-state index contributed by atoms with van der Waals surface area (Å²) in [6.45, 7) is 1.89. The molecule has 0 fully saturated rings. The topological polar surface area (TPSA) is 129 Å². The fourth-order valence-corrected chi connectivity index (χ4v) is 1.77. The van der Waals surface area contributed by atoms with Crippen LogP contribution in [0.15, 0.2) is 12.1 Å². The van der Waals surface area contributed by atoms with Gasteiger partial charge in [-0.3, -0.25) is 14.4 Å². The largest absolute Gasteiger partial charge is 0.366 e. The van der Waals surface area contributed by atoms with Crippen molar-refractivity contribution in [1.82, 2.24) is 0 Å². The van der Waals surface area contributed by atoms with Gasteiger partial charge in [0.2, 0.25) is 17.7 Å². The van der Waals surface area contributed by atoms with Crippen molar-refractivity contribution in [3.63, 3.8) is 0 Å². The summed E-state index contributed by atoms with van der Waals surface area (Å²) in [5.41, 5.74) is 16.3. The first-order chi connectivity index (χ1) is 8.38. The van der Waals surface area contributed by atoms with E-state index in [1.54, 1.807) is 0 Å². The summed E-state index contributed by atoms with van der Waals surface area (Å²) in [6, 6.07) is 2.59. The molecular weight excluding hydrogens is 234 g/mol. The molecule has 0 aliphatic rings. The first kappa shape index (κ1) is 13.7. The molecule has 0 atom stereocenters. The lowest BCUT2D eigenvalue weighted by Gasteiger charge is -2.12. The number of benzene rings is 1. The summed E-state index contributed by atoms with van der Waals surface area (Å²) in [4.78, 5) is 33.9. The van der Waals surface area contributed by atoms with Crippen LogP contribution in [0.3, 0.4) is 0 Å². The number of carbonyl (C=O) groups excluding carboxylic acids is 3. The van der Waals surface area contributed by atoms with Crippen LogP contribution in [0, 0.1) is 0 Å². The zero-order chi connectivity index (χ0) is 13.9. The molecule has 0 aliphatic carbocycles. The van der Waals surface area contributed by atoms with Gasteiger partial charge in [0.15, 0.2) is 0 Å². The molecule has 0 bridgehead atoms. The standard InChI is InChI=1S/C12H15N3O3/c1-2-3-7-8(11(14)17)4-6(10(13)16)5-9(7)12(15)18/h4-5H,2-3H2,1H3,(H2,13,16)(H2,14,17)(H2,15,18). The van der Waals surface area contributed by atoms with Crippen molar-refractivity contribution in [3.8, 4) is 0 Å². The van der Waals surface area contributed by atoms with Crippen LogP contribution in [0.4, 0.5) is 0 Å². The van der Waals surface area contributed by atoms with E-state index < -0.39 is 17.7 Å². The molecule has 0 spiro atoms. The average Bonchev–Trinajstić information content (AvgIpc) is 2.28. The zero-order valence-corrected chi connectivity index (χ0v) is 10.0. The molecular formula is C12H15N3O3. The van der Waals surface area contributed by atoms with E-state index in [0.29, 0.717) is 18.4 Å². The molecule has 0 radical (unpaired) electrons. The highest BCUT2D eigenvalue weighted by Crippen LogP contribution is 2.19. The summed E-state index contributed by atoms with van der Waals surface area (Å²) >= 11 is 0. The predicted octanol–water partition coefficient (Wildman–Crippen LogP) is -0.0642. The third kappa shape index (κ3) is 2.65. The molecule has 0 aromatic heterocycles. The minimum absolute atomic E-state index is 0.0393. The van der Waals surface area contributed by atoms with Crippen molar-refractivity contribution < 1.29 is 14.4 Å². The third-order valence-electron chi connectivity index (χ3n) is 2.57. The molecule has 1 rings (SSSR count). The molecule has 0 saturated carbocycles. The summed E-state index contributed by atoms with van der Waals surface area (Å²) < 4.78 is 0. The number of primary amides is 3. The van der Waals surface area contributed by atoms with Crippen molar-refractivity contribution in [2.45, 2.75) is 19.8 Å². The monoisotopic (exact) mass is 249 g/mol.